The predicted octanol–water partition coefficient (Wildman–Crippen LogP) is 1.35. The van der Waals surface area contributed by atoms with Crippen LogP contribution in [0.15, 0.2) is 23.4 Å². The van der Waals surface area contributed by atoms with Crippen molar-refractivity contribution >= 4 is 11.7 Å². The number of halogens is 1. The number of rotatable bonds is 5. The number of benzene rings is 1. The number of nitrogens with zero attached hydrogens (tertiary/aromatic N) is 1. The lowest BCUT2D eigenvalue weighted by Crippen LogP contribution is -2.32. The van der Waals surface area contributed by atoms with Gasteiger partial charge in [-0.25, -0.2) is 4.39 Å². The molecule has 0 atom stereocenters. The summed E-state index contributed by atoms with van der Waals surface area (Å²) < 4.78 is 19.1. The second-order valence-corrected chi connectivity index (χ2v) is 5.47. The third kappa shape index (κ3) is 5.78. The monoisotopic (exact) mass is 297 g/mol. The normalized spacial score (nSPS) is 12.3. The highest BCUT2D eigenvalue weighted by Gasteiger charge is 2.13. The Bertz CT molecular complexity index is 539. The summed E-state index contributed by atoms with van der Waals surface area (Å²) >= 11 is 0. The molecule has 1 rings (SSSR count). The zero-order valence-corrected chi connectivity index (χ0v) is 12.3. The van der Waals surface area contributed by atoms with E-state index in [2.05, 4.69) is 10.5 Å². The number of amidine groups is 1. The molecule has 0 bridgehead atoms. The molecule has 0 unspecified atom stereocenters. The molecule has 21 heavy (non-hydrogen) atoms. The van der Waals surface area contributed by atoms with Gasteiger partial charge in [-0.05, 0) is 26.8 Å². The fourth-order valence-corrected chi connectivity index (χ4v) is 1.43. The van der Waals surface area contributed by atoms with Gasteiger partial charge in [-0.15, -0.1) is 0 Å². The summed E-state index contributed by atoms with van der Waals surface area (Å²) in [6, 6.07) is 4.11. The van der Waals surface area contributed by atoms with E-state index in [1.165, 1.54) is 12.1 Å². The fraction of sp³-hybridized carbons (Fsp3) is 0.429. The van der Waals surface area contributed by atoms with Gasteiger partial charge in [0.2, 0.25) is 5.91 Å². The number of ether oxygens (including phenoxy) is 1. The number of oxime groups is 1. The largest absolute Gasteiger partial charge is 0.409 e. The molecule has 7 heteroatoms. The molecule has 0 saturated carbocycles. The van der Waals surface area contributed by atoms with Crippen molar-refractivity contribution in [3.63, 3.8) is 0 Å². The Morgan fingerprint density at radius 1 is 1.48 bits per heavy atom. The molecule has 0 spiro atoms. The van der Waals surface area contributed by atoms with Crippen molar-refractivity contribution in [2.45, 2.75) is 32.9 Å². The van der Waals surface area contributed by atoms with Crippen LogP contribution in [0, 0.1) is 5.82 Å². The molecule has 0 radical (unpaired) electrons. The summed E-state index contributed by atoms with van der Waals surface area (Å²) in [5.41, 5.74) is 5.52. The molecule has 0 aliphatic carbocycles. The smallest absolute Gasteiger partial charge is 0.246 e. The van der Waals surface area contributed by atoms with E-state index < -0.39 is 11.4 Å². The maximum absolute atomic E-state index is 13.8. The molecule has 0 fully saturated rings. The topological polar surface area (TPSA) is 96.9 Å². The van der Waals surface area contributed by atoms with Gasteiger partial charge in [0.05, 0.1) is 5.60 Å². The van der Waals surface area contributed by atoms with Crippen molar-refractivity contribution in [2.24, 2.45) is 10.9 Å². The van der Waals surface area contributed by atoms with Crippen molar-refractivity contribution in [1.82, 2.24) is 5.32 Å². The van der Waals surface area contributed by atoms with Crippen molar-refractivity contribution in [2.75, 3.05) is 6.61 Å². The van der Waals surface area contributed by atoms with Crippen molar-refractivity contribution in [1.29, 1.82) is 0 Å². The van der Waals surface area contributed by atoms with E-state index in [-0.39, 0.29) is 30.5 Å². The van der Waals surface area contributed by atoms with Crippen LogP contribution in [0.3, 0.4) is 0 Å². The summed E-state index contributed by atoms with van der Waals surface area (Å²) in [6.07, 6.45) is 0. The lowest BCUT2D eigenvalue weighted by molar-refractivity contribution is -0.130. The Morgan fingerprint density at radius 3 is 2.67 bits per heavy atom. The molecular weight excluding hydrogens is 277 g/mol. The van der Waals surface area contributed by atoms with Crippen LogP contribution in [0.4, 0.5) is 4.39 Å². The Kier molecular flexibility index (Phi) is 5.66. The minimum Gasteiger partial charge on any atom is -0.409 e. The lowest BCUT2D eigenvalue weighted by Gasteiger charge is -2.19. The first kappa shape index (κ1) is 16.9. The van der Waals surface area contributed by atoms with Gasteiger partial charge >= 0.3 is 0 Å². The first-order chi connectivity index (χ1) is 9.73. The third-order valence-corrected chi connectivity index (χ3v) is 2.57. The second-order valence-electron chi connectivity index (χ2n) is 5.47. The fourth-order valence-electron chi connectivity index (χ4n) is 1.43. The average Bonchev–Trinajstić information content (AvgIpc) is 2.42. The molecule has 0 heterocycles. The van der Waals surface area contributed by atoms with Gasteiger partial charge in [-0.3, -0.25) is 4.79 Å². The van der Waals surface area contributed by atoms with Gasteiger partial charge in [0.25, 0.3) is 0 Å². The van der Waals surface area contributed by atoms with Crippen LogP contribution >= 0.6 is 0 Å². The SMILES string of the molecule is CC(C)(C)OCC(=O)NCc1ccc(/C(N)=N/O)cc1F. The van der Waals surface area contributed by atoms with E-state index in [1.807, 2.05) is 20.8 Å². The molecule has 6 nitrogen and oxygen atoms in total. The standard InChI is InChI=1S/C14H20FN3O3/c1-14(2,3)21-8-12(19)17-7-10-5-4-9(6-11(10)15)13(16)18-20/h4-6,20H,7-8H2,1-3H3,(H2,16,18)(H,17,19). The van der Waals surface area contributed by atoms with Gasteiger partial charge in [-0.2, -0.15) is 0 Å². The Morgan fingerprint density at radius 2 is 2.14 bits per heavy atom. The molecule has 0 aliphatic heterocycles. The van der Waals surface area contributed by atoms with Gasteiger partial charge in [0.1, 0.15) is 12.4 Å². The van der Waals surface area contributed by atoms with E-state index in [0.29, 0.717) is 5.56 Å². The molecule has 1 aromatic rings. The van der Waals surface area contributed by atoms with Crippen molar-refractivity contribution in [3.05, 3.63) is 35.1 Å². The lowest BCUT2D eigenvalue weighted by atomic mass is 10.1. The van der Waals surface area contributed by atoms with Gasteiger partial charge in [0, 0.05) is 17.7 Å². The van der Waals surface area contributed by atoms with Crippen molar-refractivity contribution < 1.29 is 19.1 Å². The molecule has 1 amide bonds. The summed E-state index contributed by atoms with van der Waals surface area (Å²) in [5.74, 6) is -1.05. The number of amides is 1. The number of carbonyl (C=O) groups is 1. The first-order valence-corrected chi connectivity index (χ1v) is 6.40. The van der Waals surface area contributed by atoms with Crippen LogP contribution in [0.5, 0.6) is 0 Å². The zero-order valence-electron chi connectivity index (χ0n) is 12.3. The van der Waals surface area contributed by atoms with E-state index in [1.54, 1.807) is 0 Å². The van der Waals surface area contributed by atoms with Crippen LogP contribution in [0.2, 0.25) is 0 Å². The summed E-state index contributed by atoms with van der Waals surface area (Å²) in [4.78, 5) is 11.6. The van der Waals surface area contributed by atoms with E-state index >= 15 is 0 Å². The number of carbonyl (C=O) groups excluding carboxylic acids is 1. The van der Waals surface area contributed by atoms with E-state index in [0.717, 1.165) is 6.07 Å². The summed E-state index contributed by atoms with van der Waals surface area (Å²) in [5, 5.41) is 13.9. The van der Waals surface area contributed by atoms with Crippen LogP contribution in [0.1, 0.15) is 31.9 Å². The highest BCUT2D eigenvalue weighted by atomic mass is 19.1. The molecular formula is C14H20FN3O3. The van der Waals surface area contributed by atoms with Crippen LogP contribution in [-0.2, 0) is 16.1 Å². The minimum absolute atomic E-state index is 0.0363. The number of hydrogen-bond acceptors (Lipinski definition) is 4. The molecule has 116 valence electrons. The molecule has 0 aliphatic rings. The highest BCUT2D eigenvalue weighted by Crippen LogP contribution is 2.10. The van der Waals surface area contributed by atoms with Crippen LogP contribution in [-0.4, -0.2) is 29.2 Å². The Labute approximate surface area is 122 Å². The Balaban J connectivity index is 2.58. The average molecular weight is 297 g/mol. The van der Waals surface area contributed by atoms with Gasteiger partial charge in [-0.1, -0.05) is 17.3 Å². The highest BCUT2D eigenvalue weighted by molar-refractivity contribution is 5.97. The summed E-state index contributed by atoms with van der Waals surface area (Å²) in [7, 11) is 0. The zero-order chi connectivity index (χ0) is 16.0. The maximum Gasteiger partial charge on any atom is 0.246 e. The molecule has 4 N–H and O–H groups in total. The predicted molar refractivity (Wildman–Crippen MR) is 76.5 cm³/mol. The van der Waals surface area contributed by atoms with Crippen LogP contribution in [0.25, 0.3) is 0 Å². The Hall–Kier alpha value is -2.15. The molecule has 1 aromatic carbocycles. The van der Waals surface area contributed by atoms with Crippen molar-refractivity contribution in [3.8, 4) is 0 Å². The third-order valence-electron chi connectivity index (χ3n) is 2.57. The second kappa shape index (κ2) is 7.03. The minimum atomic E-state index is -0.545. The molecule has 0 aromatic heterocycles. The first-order valence-electron chi connectivity index (χ1n) is 6.40. The van der Waals surface area contributed by atoms with Gasteiger partial charge in [0.15, 0.2) is 5.84 Å². The summed E-state index contributed by atoms with van der Waals surface area (Å²) in [6.45, 7) is 5.46. The van der Waals surface area contributed by atoms with Crippen LogP contribution < -0.4 is 11.1 Å². The van der Waals surface area contributed by atoms with E-state index in [9.17, 15) is 9.18 Å². The van der Waals surface area contributed by atoms with E-state index in [4.69, 9.17) is 15.7 Å². The number of nitrogens with two attached hydrogens (primary N) is 1. The number of nitrogens with one attached hydrogen (secondary N) is 1. The number of hydrogen-bond donors (Lipinski definition) is 3. The van der Waals surface area contributed by atoms with Gasteiger partial charge < -0.3 is 21.0 Å². The maximum atomic E-state index is 13.8. The molecule has 0 saturated heterocycles. The quantitative estimate of drug-likeness (QED) is 0.331.